The summed E-state index contributed by atoms with van der Waals surface area (Å²) in [6.45, 7) is 1.73. The highest BCUT2D eigenvalue weighted by molar-refractivity contribution is 9.10. The number of benzene rings is 1. The van der Waals surface area contributed by atoms with E-state index >= 15 is 0 Å². The summed E-state index contributed by atoms with van der Waals surface area (Å²) in [5.41, 5.74) is 6.20. The number of anilines is 2. The third kappa shape index (κ3) is 3.90. The minimum absolute atomic E-state index is 0.129. The Hall–Kier alpha value is -1.56. The number of urea groups is 1. The Balaban J connectivity index is 2.64. The van der Waals surface area contributed by atoms with Gasteiger partial charge in [0.25, 0.3) is 0 Å². The summed E-state index contributed by atoms with van der Waals surface area (Å²) in [5.74, 6) is -0.129. The first-order valence-electron chi connectivity index (χ1n) is 4.60. The third-order valence-corrected chi connectivity index (χ3v) is 2.20. The number of hydrogen-bond donors (Lipinski definition) is 3. The van der Waals surface area contributed by atoms with Crippen molar-refractivity contribution in [2.45, 2.75) is 11.8 Å². The minimum Gasteiger partial charge on any atom is -0.351 e. The maximum Gasteiger partial charge on any atom is 0.316 e. The fraction of sp³-hybridized carbons (Fsp3) is 0.200. The topological polar surface area (TPSA) is 84.2 Å². The van der Waals surface area contributed by atoms with Gasteiger partial charge < -0.3 is 16.4 Å². The maximum atomic E-state index is 11.3. The molecule has 6 heteroatoms. The summed E-state index contributed by atoms with van der Waals surface area (Å²) in [6, 6.07) is 6.04. The first-order chi connectivity index (χ1) is 7.49. The zero-order valence-corrected chi connectivity index (χ0v) is 10.2. The summed E-state index contributed by atoms with van der Waals surface area (Å²) in [6.07, 6.45) is 0. The van der Waals surface area contributed by atoms with E-state index in [9.17, 15) is 9.59 Å². The number of amides is 3. The number of alkyl halides is 1. The average molecular weight is 286 g/mol. The molecular weight excluding hydrogens is 274 g/mol. The standard InChI is InChI=1S/C10H12BrN3O2/c1-6(11)9(15)13-7-2-4-8(5-3-7)14-10(12)16/h2-6H,1H3,(H,13,15)(H3,12,14,16). The predicted molar refractivity (Wildman–Crippen MR) is 66.7 cm³/mol. The molecule has 16 heavy (non-hydrogen) atoms. The first-order valence-corrected chi connectivity index (χ1v) is 5.52. The summed E-state index contributed by atoms with van der Waals surface area (Å²) in [5, 5.41) is 5.12. The monoisotopic (exact) mass is 285 g/mol. The second kappa shape index (κ2) is 5.50. The normalized spacial score (nSPS) is 11.6. The van der Waals surface area contributed by atoms with Crippen LogP contribution in [0.4, 0.5) is 16.2 Å². The molecular formula is C10H12BrN3O2. The molecule has 0 aliphatic carbocycles. The van der Waals surface area contributed by atoms with Crippen LogP contribution >= 0.6 is 15.9 Å². The molecule has 0 saturated heterocycles. The number of rotatable bonds is 3. The van der Waals surface area contributed by atoms with Crippen LogP contribution in [0.1, 0.15) is 6.92 Å². The van der Waals surface area contributed by atoms with Crippen LogP contribution < -0.4 is 16.4 Å². The van der Waals surface area contributed by atoms with Crippen molar-refractivity contribution in [3.63, 3.8) is 0 Å². The molecule has 5 nitrogen and oxygen atoms in total. The van der Waals surface area contributed by atoms with Crippen molar-refractivity contribution < 1.29 is 9.59 Å². The molecule has 0 radical (unpaired) electrons. The van der Waals surface area contributed by atoms with Crippen molar-refractivity contribution in [2.24, 2.45) is 5.73 Å². The molecule has 0 aliphatic rings. The van der Waals surface area contributed by atoms with Gasteiger partial charge in [-0.05, 0) is 31.2 Å². The quantitative estimate of drug-likeness (QED) is 0.741. The number of halogens is 1. The molecule has 0 fully saturated rings. The highest BCUT2D eigenvalue weighted by Gasteiger charge is 2.08. The molecule has 1 rings (SSSR count). The molecule has 1 aromatic rings. The molecule has 0 heterocycles. The fourth-order valence-electron chi connectivity index (χ4n) is 1.02. The van der Waals surface area contributed by atoms with Crippen LogP contribution in [-0.2, 0) is 4.79 Å². The molecule has 0 aliphatic heterocycles. The summed E-state index contributed by atoms with van der Waals surface area (Å²) < 4.78 is 0. The van der Waals surface area contributed by atoms with Crippen molar-refractivity contribution in [2.75, 3.05) is 10.6 Å². The van der Waals surface area contributed by atoms with Crippen LogP contribution in [0.15, 0.2) is 24.3 Å². The van der Waals surface area contributed by atoms with E-state index in [1.807, 2.05) is 0 Å². The molecule has 1 unspecified atom stereocenters. The molecule has 0 spiro atoms. The van der Waals surface area contributed by atoms with Gasteiger partial charge in [0.1, 0.15) is 0 Å². The van der Waals surface area contributed by atoms with Crippen LogP contribution in [0.3, 0.4) is 0 Å². The van der Waals surface area contributed by atoms with Crippen LogP contribution in [-0.4, -0.2) is 16.8 Å². The van der Waals surface area contributed by atoms with Gasteiger partial charge in [0, 0.05) is 11.4 Å². The molecule has 86 valence electrons. The van der Waals surface area contributed by atoms with Gasteiger partial charge in [-0.15, -0.1) is 0 Å². The fourth-order valence-corrected chi connectivity index (χ4v) is 1.14. The van der Waals surface area contributed by atoms with Crippen molar-refractivity contribution in [1.82, 2.24) is 0 Å². The lowest BCUT2D eigenvalue weighted by Crippen LogP contribution is -2.20. The predicted octanol–water partition coefficient (Wildman–Crippen LogP) is 1.90. The van der Waals surface area contributed by atoms with E-state index in [0.29, 0.717) is 11.4 Å². The van der Waals surface area contributed by atoms with Gasteiger partial charge in [0.2, 0.25) is 5.91 Å². The van der Waals surface area contributed by atoms with Crippen LogP contribution in [0, 0.1) is 0 Å². The van der Waals surface area contributed by atoms with Crippen molar-refractivity contribution in [3.8, 4) is 0 Å². The largest absolute Gasteiger partial charge is 0.351 e. The summed E-state index contributed by atoms with van der Waals surface area (Å²) in [4.78, 5) is 21.6. The van der Waals surface area contributed by atoms with E-state index in [2.05, 4.69) is 26.6 Å². The minimum atomic E-state index is -0.620. The SMILES string of the molecule is CC(Br)C(=O)Nc1ccc(NC(N)=O)cc1. The Morgan fingerprint density at radius 1 is 1.19 bits per heavy atom. The second-order valence-electron chi connectivity index (χ2n) is 3.17. The van der Waals surface area contributed by atoms with E-state index in [-0.39, 0.29) is 10.7 Å². The zero-order valence-electron chi connectivity index (χ0n) is 8.66. The summed E-state index contributed by atoms with van der Waals surface area (Å²) in [7, 11) is 0. The number of carbonyl (C=O) groups excluding carboxylic acids is 2. The second-order valence-corrected chi connectivity index (χ2v) is 4.55. The maximum absolute atomic E-state index is 11.3. The van der Waals surface area contributed by atoms with E-state index in [4.69, 9.17) is 5.73 Å². The van der Waals surface area contributed by atoms with Crippen LogP contribution in [0.2, 0.25) is 0 Å². The Bertz CT molecular complexity index is 390. The molecule has 0 aromatic heterocycles. The van der Waals surface area contributed by atoms with Crippen molar-refractivity contribution in [1.29, 1.82) is 0 Å². The van der Waals surface area contributed by atoms with Gasteiger partial charge in [0.05, 0.1) is 4.83 Å². The smallest absolute Gasteiger partial charge is 0.316 e. The Morgan fingerprint density at radius 2 is 1.62 bits per heavy atom. The van der Waals surface area contributed by atoms with Crippen molar-refractivity contribution in [3.05, 3.63) is 24.3 Å². The highest BCUT2D eigenvalue weighted by atomic mass is 79.9. The molecule has 1 atom stereocenters. The number of nitrogens with two attached hydrogens (primary N) is 1. The van der Waals surface area contributed by atoms with E-state index in [1.165, 1.54) is 0 Å². The number of carbonyl (C=O) groups is 2. The Labute approximate surface area is 102 Å². The molecule has 0 bridgehead atoms. The number of primary amides is 1. The Morgan fingerprint density at radius 3 is 2.00 bits per heavy atom. The lowest BCUT2D eigenvalue weighted by atomic mass is 10.2. The summed E-state index contributed by atoms with van der Waals surface area (Å²) >= 11 is 3.16. The van der Waals surface area contributed by atoms with Gasteiger partial charge in [-0.25, -0.2) is 4.79 Å². The Kier molecular flexibility index (Phi) is 4.30. The number of nitrogens with one attached hydrogen (secondary N) is 2. The first kappa shape index (κ1) is 12.5. The van der Waals surface area contributed by atoms with E-state index in [1.54, 1.807) is 31.2 Å². The molecule has 3 amide bonds. The van der Waals surface area contributed by atoms with Gasteiger partial charge >= 0.3 is 6.03 Å². The van der Waals surface area contributed by atoms with Gasteiger partial charge in [-0.3, -0.25) is 4.79 Å². The van der Waals surface area contributed by atoms with Crippen LogP contribution in [0.25, 0.3) is 0 Å². The molecule has 1 aromatic carbocycles. The van der Waals surface area contributed by atoms with Gasteiger partial charge in [0.15, 0.2) is 0 Å². The van der Waals surface area contributed by atoms with Crippen LogP contribution in [0.5, 0.6) is 0 Å². The van der Waals surface area contributed by atoms with Gasteiger partial charge in [-0.1, -0.05) is 15.9 Å². The van der Waals surface area contributed by atoms with E-state index in [0.717, 1.165) is 0 Å². The van der Waals surface area contributed by atoms with Crippen molar-refractivity contribution >= 4 is 39.2 Å². The average Bonchev–Trinajstić information content (AvgIpc) is 2.20. The molecule has 4 N–H and O–H groups in total. The highest BCUT2D eigenvalue weighted by Crippen LogP contribution is 2.14. The number of hydrogen-bond acceptors (Lipinski definition) is 2. The lowest BCUT2D eigenvalue weighted by molar-refractivity contribution is -0.115. The lowest BCUT2D eigenvalue weighted by Gasteiger charge is -2.07. The van der Waals surface area contributed by atoms with Gasteiger partial charge in [-0.2, -0.15) is 0 Å². The van der Waals surface area contributed by atoms with E-state index < -0.39 is 6.03 Å². The zero-order chi connectivity index (χ0) is 12.1. The third-order valence-electron chi connectivity index (χ3n) is 1.78. The molecule has 0 saturated carbocycles.